The normalized spacial score (nSPS) is 16.1. The first kappa shape index (κ1) is 16.3. The van der Waals surface area contributed by atoms with E-state index >= 15 is 0 Å². The predicted molar refractivity (Wildman–Crippen MR) is 88.1 cm³/mol. The van der Waals surface area contributed by atoms with Crippen LogP contribution in [0.2, 0.25) is 0 Å². The molecule has 1 fully saturated rings. The van der Waals surface area contributed by atoms with Crippen LogP contribution in [-0.2, 0) is 22.6 Å². The van der Waals surface area contributed by atoms with Crippen LogP contribution in [0, 0.1) is 0 Å². The third kappa shape index (κ3) is 4.47. The highest BCUT2D eigenvalue weighted by atomic mass is 16.2. The van der Waals surface area contributed by atoms with E-state index < -0.39 is 0 Å². The highest BCUT2D eigenvalue weighted by molar-refractivity contribution is 5.88. The average Bonchev–Trinajstić information content (AvgIpc) is 3.41. The number of hydrogen-bond donors (Lipinski definition) is 3. The molecule has 24 heavy (non-hydrogen) atoms. The molecule has 0 spiro atoms. The third-order valence-electron chi connectivity index (χ3n) is 4.21. The van der Waals surface area contributed by atoms with Crippen LogP contribution in [0.15, 0.2) is 24.3 Å². The zero-order valence-corrected chi connectivity index (χ0v) is 13.5. The monoisotopic (exact) mass is 330 g/mol. The minimum Gasteiger partial charge on any atom is -0.352 e. The Morgan fingerprint density at radius 2 is 1.71 bits per heavy atom. The quantitative estimate of drug-likeness (QED) is 0.718. The third-order valence-corrected chi connectivity index (χ3v) is 4.21. The van der Waals surface area contributed by atoms with E-state index in [1.165, 1.54) is 5.56 Å². The minimum atomic E-state index is -0.369. The molecule has 1 aromatic carbocycles. The molecule has 7 nitrogen and oxygen atoms in total. The van der Waals surface area contributed by atoms with Crippen molar-refractivity contribution in [2.75, 3.05) is 19.6 Å². The van der Waals surface area contributed by atoms with Gasteiger partial charge in [0.15, 0.2) is 0 Å². The Bertz CT molecular complexity index is 642. The Kier molecular flexibility index (Phi) is 4.98. The van der Waals surface area contributed by atoms with Gasteiger partial charge >= 0.3 is 6.03 Å². The van der Waals surface area contributed by atoms with Crippen LogP contribution in [0.4, 0.5) is 4.79 Å². The van der Waals surface area contributed by atoms with Crippen LogP contribution in [0.3, 0.4) is 0 Å². The molecule has 3 rings (SSSR count). The van der Waals surface area contributed by atoms with Gasteiger partial charge in [-0.2, -0.15) is 0 Å². The van der Waals surface area contributed by atoms with Crippen molar-refractivity contribution in [1.29, 1.82) is 0 Å². The lowest BCUT2D eigenvalue weighted by Gasteiger charge is -2.28. The standard InChI is InChI=1S/C17H22N4O3/c22-15(18-10-16(23)20-14-5-6-14)9-19-17(24)21-8-7-12-3-1-2-4-13(12)11-21/h1-4,14H,5-11H2,(H,18,22)(H,19,24)(H,20,23). The number of fused-ring (bicyclic) bond motifs is 1. The van der Waals surface area contributed by atoms with Gasteiger partial charge in [-0.3, -0.25) is 9.59 Å². The maximum atomic E-state index is 12.2. The summed E-state index contributed by atoms with van der Waals surface area (Å²) in [6, 6.07) is 8.06. The van der Waals surface area contributed by atoms with E-state index in [2.05, 4.69) is 22.0 Å². The van der Waals surface area contributed by atoms with Gasteiger partial charge in [0.05, 0.1) is 13.1 Å². The number of nitrogens with one attached hydrogen (secondary N) is 3. The maximum absolute atomic E-state index is 12.2. The summed E-state index contributed by atoms with van der Waals surface area (Å²) in [6.45, 7) is 0.998. The van der Waals surface area contributed by atoms with Crippen LogP contribution in [0.25, 0.3) is 0 Å². The largest absolute Gasteiger partial charge is 0.352 e. The first-order valence-corrected chi connectivity index (χ1v) is 8.27. The lowest BCUT2D eigenvalue weighted by molar-refractivity contribution is -0.125. The fourth-order valence-corrected chi connectivity index (χ4v) is 2.68. The summed E-state index contributed by atoms with van der Waals surface area (Å²) in [5.41, 5.74) is 2.40. The van der Waals surface area contributed by atoms with Crippen molar-refractivity contribution in [3.63, 3.8) is 0 Å². The molecule has 1 aliphatic heterocycles. The summed E-state index contributed by atoms with van der Waals surface area (Å²) in [7, 11) is 0. The number of hydrogen-bond acceptors (Lipinski definition) is 3. The van der Waals surface area contributed by atoms with Gasteiger partial charge in [-0.1, -0.05) is 24.3 Å². The molecule has 2 aliphatic rings. The molecule has 0 bridgehead atoms. The predicted octanol–water partition coefficient (Wildman–Crippen LogP) is 0.149. The summed E-state index contributed by atoms with van der Waals surface area (Å²) < 4.78 is 0. The second-order valence-corrected chi connectivity index (χ2v) is 6.22. The first-order valence-electron chi connectivity index (χ1n) is 8.27. The number of nitrogens with zero attached hydrogens (tertiary/aromatic N) is 1. The van der Waals surface area contributed by atoms with Crippen molar-refractivity contribution in [1.82, 2.24) is 20.9 Å². The van der Waals surface area contributed by atoms with E-state index in [0.717, 1.165) is 24.8 Å². The Morgan fingerprint density at radius 1 is 1.00 bits per heavy atom. The number of carbonyl (C=O) groups is 3. The van der Waals surface area contributed by atoms with Crippen molar-refractivity contribution in [3.8, 4) is 0 Å². The lowest BCUT2D eigenvalue weighted by atomic mass is 10.0. The molecule has 0 aromatic heterocycles. The average molecular weight is 330 g/mol. The molecule has 128 valence electrons. The number of benzene rings is 1. The molecule has 1 heterocycles. The van der Waals surface area contributed by atoms with E-state index in [4.69, 9.17) is 0 Å². The summed E-state index contributed by atoms with van der Waals surface area (Å²) >= 11 is 0. The van der Waals surface area contributed by atoms with E-state index in [1.807, 2.05) is 18.2 Å². The van der Waals surface area contributed by atoms with Gasteiger partial charge in [-0.25, -0.2) is 4.79 Å². The zero-order chi connectivity index (χ0) is 16.9. The van der Waals surface area contributed by atoms with Crippen LogP contribution >= 0.6 is 0 Å². The summed E-state index contributed by atoms with van der Waals surface area (Å²) in [6.07, 6.45) is 2.83. The molecule has 1 aromatic rings. The molecule has 1 saturated carbocycles. The van der Waals surface area contributed by atoms with Gasteiger partial charge in [-0.15, -0.1) is 0 Å². The fraction of sp³-hybridized carbons (Fsp3) is 0.471. The second-order valence-electron chi connectivity index (χ2n) is 6.22. The van der Waals surface area contributed by atoms with E-state index in [1.54, 1.807) is 4.90 Å². The van der Waals surface area contributed by atoms with Gasteiger partial charge in [0.2, 0.25) is 11.8 Å². The van der Waals surface area contributed by atoms with E-state index in [-0.39, 0.29) is 37.0 Å². The van der Waals surface area contributed by atoms with Gasteiger partial charge in [0.25, 0.3) is 0 Å². The number of carbonyl (C=O) groups excluding carboxylic acids is 3. The zero-order valence-electron chi connectivity index (χ0n) is 13.5. The summed E-state index contributed by atoms with van der Waals surface area (Å²) in [4.78, 5) is 37.0. The van der Waals surface area contributed by atoms with Crippen molar-refractivity contribution >= 4 is 17.8 Å². The van der Waals surface area contributed by atoms with Crippen LogP contribution in [0.1, 0.15) is 24.0 Å². The highest BCUT2D eigenvalue weighted by Gasteiger charge is 2.23. The highest BCUT2D eigenvalue weighted by Crippen LogP contribution is 2.18. The molecule has 1 aliphatic carbocycles. The van der Waals surface area contributed by atoms with Gasteiger partial charge in [0.1, 0.15) is 0 Å². The van der Waals surface area contributed by atoms with Gasteiger partial charge in [0, 0.05) is 19.1 Å². The second kappa shape index (κ2) is 7.33. The number of amides is 4. The number of rotatable bonds is 5. The molecular weight excluding hydrogens is 308 g/mol. The van der Waals surface area contributed by atoms with Crippen LogP contribution in [-0.4, -0.2) is 48.4 Å². The Morgan fingerprint density at radius 3 is 2.46 bits per heavy atom. The van der Waals surface area contributed by atoms with Crippen molar-refractivity contribution < 1.29 is 14.4 Å². The Hall–Kier alpha value is -2.57. The molecule has 0 saturated heterocycles. The lowest BCUT2D eigenvalue weighted by Crippen LogP contribution is -2.47. The van der Waals surface area contributed by atoms with Crippen LogP contribution < -0.4 is 16.0 Å². The molecule has 0 atom stereocenters. The van der Waals surface area contributed by atoms with Crippen LogP contribution in [0.5, 0.6) is 0 Å². The van der Waals surface area contributed by atoms with Gasteiger partial charge in [-0.05, 0) is 30.4 Å². The topological polar surface area (TPSA) is 90.5 Å². The molecular formula is C17H22N4O3. The maximum Gasteiger partial charge on any atom is 0.318 e. The molecule has 4 amide bonds. The van der Waals surface area contributed by atoms with Gasteiger partial charge < -0.3 is 20.9 Å². The molecule has 7 heteroatoms. The minimum absolute atomic E-state index is 0.0533. The van der Waals surface area contributed by atoms with Crippen molar-refractivity contribution in [2.45, 2.75) is 31.8 Å². The van der Waals surface area contributed by atoms with E-state index in [9.17, 15) is 14.4 Å². The van der Waals surface area contributed by atoms with Crippen molar-refractivity contribution in [2.24, 2.45) is 0 Å². The number of urea groups is 1. The Balaban J connectivity index is 1.37. The molecule has 0 radical (unpaired) electrons. The Labute approximate surface area is 140 Å². The van der Waals surface area contributed by atoms with Crippen molar-refractivity contribution in [3.05, 3.63) is 35.4 Å². The molecule has 3 N–H and O–H groups in total. The fourth-order valence-electron chi connectivity index (χ4n) is 2.68. The molecule has 0 unspecified atom stereocenters. The summed E-state index contributed by atoms with van der Waals surface area (Å²) in [5, 5.41) is 7.89. The SMILES string of the molecule is O=C(CNC(=O)N1CCc2ccccc2C1)NCC(=O)NC1CC1. The first-order chi connectivity index (χ1) is 11.6. The smallest absolute Gasteiger partial charge is 0.318 e. The summed E-state index contributed by atoms with van der Waals surface area (Å²) in [5.74, 6) is -0.559. The van der Waals surface area contributed by atoms with E-state index in [0.29, 0.717) is 13.1 Å².